The number of aryl methyl sites for hydroxylation is 3. The third-order valence-corrected chi connectivity index (χ3v) is 6.69. The fourth-order valence-electron chi connectivity index (χ4n) is 3.07. The summed E-state index contributed by atoms with van der Waals surface area (Å²) in [5.41, 5.74) is 4.38. The van der Waals surface area contributed by atoms with Crippen molar-refractivity contribution in [3.05, 3.63) is 64.7 Å². The molecule has 7 heteroatoms. The molecule has 2 aromatic rings. The van der Waals surface area contributed by atoms with Crippen LogP contribution in [0.5, 0.6) is 0 Å². The summed E-state index contributed by atoms with van der Waals surface area (Å²) in [5.74, 6) is -0.344. The first-order valence-corrected chi connectivity index (χ1v) is 11.1. The topological polar surface area (TPSA) is 69.7 Å². The second kappa shape index (κ2) is 9.41. The molecule has 0 saturated carbocycles. The van der Waals surface area contributed by atoms with Crippen LogP contribution in [-0.2, 0) is 15.0 Å². The summed E-state index contributed by atoms with van der Waals surface area (Å²) in [5, 5.41) is 2.98. The van der Waals surface area contributed by atoms with Gasteiger partial charge in [0.1, 0.15) is 6.54 Å². The van der Waals surface area contributed by atoms with Crippen LogP contribution in [-0.4, -0.2) is 39.3 Å². The molecule has 0 aliphatic heterocycles. The summed E-state index contributed by atoms with van der Waals surface area (Å²) in [4.78, 5) is 12.9. The number of amides is 1. The predicted octanol–water partition coefficient (Wildman–Crippen LogP) is 3.49. The number of rotatable bonds is 8. The Kier molecular flexibility index (Phi) is 7.43. The smallest absolute Gasteiger partial charge is 0.304 e. The second-order valence-corrected chi connectivity index (χ2v) is 9.59. The highest BCUT2D eigenvalue weighted by Gasteiger charge is 2.29. The molecule has 0 fully saturated rings. The van der Waals surface area contributed by atoms with Crippen LogP contribution >= 0.6 is 0 Å². The standard InChI is InChI=1S/C22H31N3O3S/c1-7-20(19-12-9-16(2)10-13-19)23-22(26)15-25(29(27,28)24(5)6)21-14-17(3)8-11-18(21)4/h8-14,20H,7,15H2,1-6H3,(H,23,26)/t20-/m0/s1. The zero-order valence-electron chi connectivity index (χ0n) is 18.1. The number of nitrogens with zero attached hydrogens (tertiary/aromatic N) is 2. The van der Waals surface area contributed by atoms with Gasteiger partial charge in [0.2, 0.25) is 5.91 Å². The molecular weight excluding hydrogens is 386 g/mol. The van der Waals surface area contributed by atoms with E-state index in [4.69, 9.17) is 0 Å². The molecule has 0 aromatic heterocycles. The van der Waals surface area contributed by atoms with E-state index in [9.17, 15) is 13.2 Å². The molecule has 0 aliphatic rings. The van der Waals surface area contributed by atoms with Gasteiger partial charge in [-0.2, -0.15) is 12.7 Å². The predicted molar refractivity (Wildman–Crippen MR) is 118 cm³/mol. The average molecular weight is 418 g/mol. The summed E-state index contributed by atoms with van der Waals surface area (Å²) < 4.78 is 28.2. The van der Waals surface area contributed by atoms with Crippen molar-refractivity contribution >= 4 is 21.8 Å². The lowest BCUT2D eigenvalue weighted by atomic mass is 10.0. The first-order valence-electron chi connectivity index (χ1n) is 9.69. The molecule has 1 N–H and O–H groups in total. The zero-order chi connectivity index (χ0) is 21.8. The minimum Gasteiger partial charge on any atom is -0.348 e. The van der Waals surface area contributed by atoms with Gasteiger partial charge >= 0.3 is 10.2 Å². The molecule has 0 radical (unpaired) electrons. The lowest BCUT2D eigenvalue weighted by molar-refractivity contribution is -0.120. The quantitative estimate of drug-likeness (QED) is 0.715. The van der Waals surface area contributed by atoms with Gasteiger partial charge in [0.25, 0.3) is 0 Å². The van der Waals surface area contributed by atoms with Crippen molar-refractivity contribution in [1.82, 2.24) is 9.62 Å². The number of benzene rings is 2. The SMILES string of the molecule is CC[C@H](NC(=O)CN(c1cc(C)ccc1C)S(=O)(=O)N(C)C)c1ccc(C)cc1. The van der Waals surface area contributed by atoms with Crippen LogP contribution in [0.4, 0.5) is 5.69 Å². The molecule has 0 aliphatic carbocycles. The van der Waals surface area contributed by atoms with Crippen molar-refractivity contribution in [3.8, 4) is 0 Å². The van der Waals surface area contributed by atoms with Gasteiger partial charge in [-0.1, -0.05) is 48.9 Å². The summed E-state index contributed by atoms with van der Waals surface area (Å²) >= 11 is 0. The van der Waals surface area contributed by atoms with Gasteiger partial charge in [0, 0.05) is 14.1 Å². The molecule has 0 spiro atoms. The van der Waals surface area contributed by atoms with Crippen LogP contribution in [0.25, 0.3) is 0 Å². The molecule has 158 valence electrons. The van der Waals surface area contributed by atoms with Crippen molar-refractivity contribution in [2.45, 2.75) is 40.2 Å². The van der Waals surface area contributed by atoms with E-state index in [0.717, 1.165) is 26.6 Å². The van der Waals surface area contributed by atoms with Gasteiger partial charge in [0.15, 0.2) is 0 Å². The first-order chi connectivity index (χ1) is 13.6. The van der Waals surface area contributed by atoms with E-state index < -0.39 is 10.2 Å². The fraction of sp³-hybridized carbons (Fsp3) is 0.409. The Balaban J connectivity index is 2.32. The number of hydrogen-bond acceptors (Lipinski definition) is 3. The summed E-state index contributed by atoms with van der Waals surface area (Å²) in [7, 11) is -0.904. The van der Waals surface area contributed by atoms with Gasteiger partial charge in [-0.05, 0) is 49.9 Å². The maximum atomic E-state index is 13.0. The van der Waals surface area contributed by atoms with Gasteiger partial charge in [-0.3, -0.25) is 4.79 Å². The Labute approximate surface area is 174 Å². The third kappa shape index (κ3) is 5.58. The van der Waals surface area contributed by atoms with E-state index in [1.54, 1.807) is 6.07 Å². The maximum Gasteiger partial charge on any atom is 0.304 e. The van der Waals surface area contributed by atoms with Crippen LogP contribution < -0.4 is 9.62 Å². The van der Waals surface area contributed by atoms with Crippen LogP contribution in [0.3, 0.4) is 0 Å². The Hall–Kier alpha value is -2.38. The Morgan fingerprint density at radius 3 is 2.14 bits per heavy atom. The van der Waals surface area contributed by atoms with Crippen LogP contribution in [0.2, 0.25) is 0 Å². The minimum absolute atomic E-state index is 0.175. The van der Waals surface area contributed by atoms with Gasteiger partial charge < -0.3 is 5.32 Å². The Bertz CT molecular complexity index is 954. The largest absolute Gasteiger partial charge is 0.348 e. The Morgan fingerprint density at radius 2 is 1.59 bits per heavy atom. The van der Waals surface area contributed by atoms with E-state index in [0.29, 0.717) is 12.1 Å². The minimum atomic E-state index is -3.83. The molecular formula is C22H31N3O3S. The number of anilines is 1. The van der Waals surface area contributed by atoms with E-state index in [2.05, 4.69) is 5.32 Å². The molecule has 1 amide bonds. The number of carbonyl (C=O) groups is 1. The lowest BCUT2D eigenvalue weighted by Crippen LogP contribution is -2.46. The normalized spacial score (nSPS) is 12.7. The monoisotopic (exact) mass is 417 g/mol. The maximum absolute atomic E-state index is 13.0. The number of hydrogen-bond donors (Lipinski definition) is 1. The van der Waals surface area contributed by atoms with Crippen molar-refractivity contribution < 1.29 is 13.2 Å². The lowest BCUT2D eigenvalue weighted by Gasteiger charge is -2.29. The molecule has 6 nitrogen and oxygen atoms in total. The molecule has 0 saturated heterocycles. The fourth-order valence-corrected chi connectivity index (χ4v) is 4.19. The highest BCUT2D eigenvalue weighted by Crippen LogP contribution is 2.25. The van der Waals surface area contributed by atoms with Gasteiger partial charge in [-0.25, -0.2) is 4.31 Å². The molecule has 2 rings (SSSR count). The number of nitrogens with one attached hydrogen (secondary N) is 1. The van der Waals surface area contributed by atoms with Gasteiger partial charge in [-0.15, -0.1) is 0 Å². The molecule has 0 unspecified atom stereocenters. The highest BCUT2D eigenvalue weighted by molar-refractivity contribution is 7.90. The average Bonchev–Trinajstić information content (AvgIpc) is 2.66. The van der Waals surface area contributed by atoms with E-state index in [1.807, 2.05) is 64.1 Å². The van der Waals surface area contributed by atoms with Crippen LogP contribution in [0.1, 0.15) is 41.6 Å². The highest BCUT2D eigenvalue weighted by atomic mass is 32.2. The van der Waals surface area contributed by atoms with E-state index >= 15 is 0 Å². The van der Waals surface area contributed by atoms with Crippen molar-refractivity contribution in [2.24, 2.45) is 0 Å². The summed E-state index contributed by atoms with van der Waals surface area (Å²) in [6.07, 6.45) is 0.707. The van der Waals surface area contributed by atoms with Crippen molar-refractivity contribution in [1.29, 1.82) is 0 Å². The number of carbonyl (C=O) groups excluding carboxylic acids is 1. The Morgan fingerprint density at radius 1 is 1.00 bits per heavy atom. The molecule has 0 bridgehead atoms. The zero-order valence-corrected chi connectivity index (χ0v) is 18.9. The van der Waals surface area contributed by atoms with Crippen molar-refractivity contribution in [2.75, 3.05) is 24.9 Å². The first kappa shape index (κ1) is 22.9. The van der Waals surface area contributed by atoms with Crippen LogP contribution in [0.15, 0.2) is 42.5 Å². The van der Waals surface area contributed by atoms with Crippen LogP contribution in [0, 0.1) is 20.8 Å². The van der Waals surface area contributed by atoms with Crippen molar-refractivity contribution in [3.63, 3.8) is 0 Å². The second-order valence-electron chi connectivity index (χ2n) is 7.53. The molecule has 0 heterocycles. The summed E-state index contributed by atoms with van der Waals surface area (Å²) in [6.45, 7) is 7.45. The third-order valence-electron chi connectivity index (χ3n) is 4.88. The molecule has 29 heavy (non-hydrogen) atoms. The summed E-state index contributed by atoms with van der Waals surface area (Å²) in [6, 6.07) is 13.4. The van der Waals surface area contributed by atoms with E-state index in [-0.39, 0.29) is 18.5 Å². The van der Waals surface area contributed by atoms with Gasteiger partial charge in [0.05, 0.1) is 11.7 Å². The molecule has 1 atom stereocenters. The molecule has 2 aromatic carbocycles. The van der Waals surface area contributed by atoms with E-state index in [1.165, 1.54) is 18.4 Å².